The van der Waals surface area contributed by atoms with Gasteiger partial charge in [0.25, 0.3) is 0 Å². The number of nitrogens with two attached hydrogens (primary N) is 1. The van der Waals surface area contributed by atoms with Crippen LogP contribution in [0.1, 0.15) is 11.1 Å². The van der Waals surface area contributed by atoms with Gasteiger partial charge < -0.3 is 16.0 Å². The van der Waals surface area contributed by atoms with Crippen LogP contribution in [0.5, 0.6) is 0 Å². The monoisotopic (exact) mass is 283 g/mol. The third-order valence-electron chi connectivity index (χ3n) is 3.47. The number of nitrogens with zero attached hydrogens (tertiary/aromatic N) is 1. The third kappa shape index (κ3) is 2.95. The van der Waals surface area contributed by atoms with Crippen LogP contribution in [-0.4, -0.2) is 27.1 Å². The minimum Gasteiger partial charge on any atom is -0.361 e. The summed E-state index contributed by atoms with van der Waals surface area (Å²) in [6, 6.07) is 7.40. The summed E-state index contributed by atoms with van der Waals surface area (Å²) in [5, 5.41) is 10.4. The lowest BCUT2D eigenvalue weighted by Crippen LogP contribution is -2.41. The first kappa shape index (κ1) is 13.4. The summed E-state index contributed by atoms with van der Waals surface area (Å²) < 4.78 is 0. The van der Waals surface area contributed by atoms with E-state index in [1.165, 1.54) is 0 Å². The van der Waals surface area contributed by atoms with Crippen LogP contribution in [0.4, 0.5) is 0 Å². The number of rotatable bonds is 5. The molecule has 0 fully saturated rings. The smallest absolute Gasteiger partial charge is 0.237 e. The van der Waals surface area contributed by atoms with Crippen molar-refractivity contribution >= 4 is 16.8 Å². The largest absolute Gasteiger partial charge is 0.361 e. The molecule has 1 aromatic carbocycles. The molecular formula is C15H17N5O. The maximum atomic E-state index is 12.0. The predicted octanol–water partition coefficient (Wildman–Crippen LogP) is 1.08. The minimum absolute atomic E-state index is 0.165. The minimum atomic E-state index is -0.573. The first-order chi connectivity index (χ1) is 10.2. The molecule has 1 unspecified atom stereocenters. The first-order valence-electron chi connectivity index (χ1n) is 6.80. The molecule has 0 aliphatic carbocycles. The molecule has 0 aliphatic heterocycles. The number of carbonyl (C=O) groups excluding carboxylic acids is 1. The van der Waals surface area contributed by atoms with Crippen LogP contribution in [0.15, 0.2) is 42.9 Å². The molecular weight excluding hydrogens is 266 g/mol. The van der Waals surface area contributed by atoms with E-state index in [9.17, 15) is 4.79 Å². The van der Waals surface area contributed by atoms with Crippen LogP contribution in [0, 0.1) is 0 Å². The lowest BCUT2D eigenvalue weighted by molar-refractivity contribution is -0.122. The second-order valence-electron chi connectivity index (χ2n) is 4.99. The van der Waals surface area contributed by atoms with Gasteiger partial charge in [-0.1, -0.05) is 18.2 Å². The highest BCUT2D eigenvalue weighted by atomic mass is 16.2. The number of aromatic amines is 2. The molecule has 0 bridgehead atoms. The van der Waals surface area contributed by atoms with Crippen molar-refractivity contribution in [2.24, 2.45) is 5.73 Å². The summed E-state index contributed by atoms with van der Waals surface area (Å²) in [6.45, 7) is 0.427. The van der Waals surface area contributed by atoms with Crippen LogP contribution in [0.3, 0.4) is 0 Å². The Kier molecular flexibility index (Phi) is 3.70. The zero-order chi connectivity index (χ0) is 14.7. The van der Waals surface area contributed by atoms with E-state index < -0.39 is 6.04 Å². The highest BCUT2D eigenvalue weighted by molar-refractivity contribution is 5.86. The van der Waals surface area contributed by atoms with Crippen LogP contribution < -0.4 is 11.1 Å². The summed E-state index contributed by atoms with van der Waals surface area (Å²) in [4.78, 5) is 15.2. The average molecular weight is 283 g/mol. The highest BCUT2D eigenvalue weighted by Crippen LogP contribution is 2.18. The van der Waals surface area contributed by atoms with Gasteiger partial charge in [0.05, 0.1) is 12.2 Å². The average Bonchev–Trinajstić information content (AvgIpc) is 3.15. The van der Waals surface area contributed by atoms with Crippen molar-refractivity contribution in [3.8, 4) is 0 Å². The maximum Gasteiger partial charge on any atom is 0.237 e. The van der Waals surface area contributed by atoms with Gasteiger partial charge in [-0.3, -0.25) is 9.89 Å². The third-order valence-corrected chi connectivity index (χ3v) is 3.47. The Morgan fingerprint density at radius 3 is 3.00 bits per heavy atom. The van der Waals surface area contributed by atoms with Crippen LogP contribution in [-0.2, 0) is 17.8 Å². The van der Waals surface area contributed by atoms with Crippen molar-refractivity contribution < 1.29 is 4.79 Å². The molecule has 0 aliphatic rings. The molecule has 0 radical (unpaired) electrons. The van der Waals surface area contributed by atoms with Gasteiger partial charge in [-0.05, 0) is 18.1 Å². The Morgan fingerprint density at radius 1 is 1.33 bits per heavy atom. The molecule has 2 aromatic heterocycles. The first-order valence-corrected chi connectivity index (χ1v) is 6.80. The molecule has 3 rings (SSSR count). The molecule has 0 saturated carbocycles. The lowest BCUT2D eigenvalue weighted by atomic mass is 10.1. The summed E-state index contributed by atoms with van der Waals surface area (Å²) >= 11 is 0. The second kappa shape index (κ2) is 5.80. The summed E-state index contributed by atoms with van der Waals surface area (Å²) in [7, 11) is 0. The number of hydrogen-bond donors (Lipinski definition) is 4. The Balaban J connectivity index is 1.62. The van der Waals surface area contributed by atoms with Gasteiger partial charge in [0.1, 0.15) is 0 Å². The van der Waals surface area contributed by atoms with Crippen molar-refractivity contribution in [2.45, 2.75) is 19.0 Å². The molecule has 3 aromatic rings. The number of H-pyrrole nitrogens is 2. The number of nitrogens with one attached hydrogen (secondary N) is 3. The Morgan fingerprint density at radius 2 is 2.19 bits per heavy atom. The van der Waals surface area contributed by atoms with Gasteiger partial charge in [0.15, 0.2) is 0 Å². The molecule has 21 heavy (non-hydrogen) atoms. The number of benzene rings is 1. The number of aromatic nitrogens is 3. The van der Waals surface area contributed by atoms with Gasteiger partial charge in [0.2, 0.25) is 5.91 Å². The van der Waals surface area contributed by atoms with E-state index in [-0.39, 0.29) is 5.91 Å². The SMILES string of the molecule is NC(Cc1c[nH]c2ccccc12)C(=O)NCc1cn[nH]c1. The van der Waals surface area contributed by atoms with Gasteiger partial charge in [-0.15, -0.1) is 0 Å². The molecule has 6 heteroatoms. The van der Waals surface area contributed by atoms with E-state index in [1.807, 2.05) is 30.5 Å². The van der Waals surface area contributed by atoms with Crippen molar-refractivity contribution in [2.75, 3.05) is 0 Å². The Bertz CT molecular complexity index is 731. The highest BCUT2D eigenvalue weighted by Gasteiger charge is 2.15. The van der Waals surface area contributed by atoms with Gasteiger partial charge in [0, 0.05) is 35.4 Å². The molecule has 5 N–H and O–H groups in total. The van der Waals surface area contributed by atoms with E-state index in [2.05, 4.69) is 20.5 Å². The van der Waals surface area contributed by atoms with Gasteiger partial charge in [-0.25, -0.2) is 0 Å². The number of hydrogen-bond acceptors (Lipinski definition) is 3. The van der Waals surface area contributed by atoms with Crippen LogP contribution in [0.25, 0.3) is 10.9 Å². The van der Waals surface area contributed by atoms with E-state index in [4.69, 9.17) is 5.73 Å². The fourth-order valence-corrected chi connectivity index (χ4v) is 2.32. The fraction of sp³-hybridized carbons (Fsp3) is 0.200. The number of fused-ring (bicyclic) bond motifs is 1. The molecule has 0 saturated heterocycles. The number of amides is 1. The summed E-state index contributed by atoms with van der Waals surface area (Å²) in [5.74, 6) is -0.165. The molecule has 6 nitrogen and oxygen atoms in total. The predicted molar refractivity (Wildman–Crippen MR) is 80.4 cm³/mol. The molecule has 0 spiro atoms. The van der Waals surface area contributed by atoms with Gasteiger partial charge in [-0.2, -0.15) is 5.10 Å². The summed E-state index contributed by atoms with van der Waals surface area (Å²) in [5.41, 5.74) is 9.02. The second-order valence-corrected chi connectivity index (χ2v) is 4.99. The number of carbonyl (C=O) groups is 1. The molecule has 1 atom stereocenters. The Labute approximate surface area is 121 Å². The van der Waals surface area contributed by atoms with E-state index >= 15 is 0 Å². The van der Waals surface area contributed by atoms with E-state index in [0.29, 0.717) is 13.0 Å². The van der Waals surface area contributed by atoms with Crippen molar-refractivity contribution in [1.29, 1.82) is 0 Å². The topological polar surface area (TPSA) is 99.6 Å². The van der Waals surface area contributed by atoms with Crippen molar-refractivity contribution in [1.82, 2.24) is 20.5 Å². The fourth-order valence-electron chi connectivity index (χ4n) is 2.32. The normalized spacial score (nSPS) is 12.4. The van der Waals surface area contributed by atoms with Crippen molar-refractivity contribution in [3.05, 3.63) is 54.0 Å². The standard InChI is InChI=1S/C15H17N5O/c16-13(15(21)18-6-10-7-19-20-8-10)5-11-9-17-14-4-2-1-3-12(11)14/h1-4,7-9,13,17H,5-6,16H2,(H,18,21)(H,19,20). The van der Waals surface area contributed by atoms with E-state index in [0.717, 1.165) is 22.0 Å². The zero-order valence-electron chi connectivity index (χ0n) is 11.5. The van der Waals surface area contributed by atoms with Crippen LogP contribution >= 0.6 is 0 Å². The molecule has 1 amide bonds. The van der Waals surface area contributed by atoms with E-state index in [1.54, 1.807) is 12.4 Å². The quantitative estimate of drug-likeness (QED) is 0.563. The molecule has 108 valence electrons. The Hall–Kier alpha value is -2.60. The molecule has 2 heterocycles. The van der Waals surface area contributed by atoms with Crippen molar-refractivity contribution in [3.63, 3.8) is 0 Å². The van der Waals surface area contributed by atoms with Crippen LogP contribution in [0.2, 0.25) is 0 Å². The van der Waals surface area contributed by atoms with Gasteiger partial charge >= 0.3 is 0 Å². The number of para-hydroxylation sites is 1. The lowest BCUT2D eigenvalue weighted by Gasteiger charge is -2.11. The summed E-state index contributed by atoms with van der Waals surface area (Å²) in [6.07, 6.45) is 5.83. The zero-order valence-corrected chi connectivity index (χ0v) is 11.5. The maximum absolute atomic E-state index is 12.0.